The Balaban J connectivity index is 1.84. The van der Waals surface area contributed by atoms with Gasteiger partial charge in [0, 0.05) is 13.1 Å². The van der Waals surface area contributed by atoms with Gasteiger partial charge in [0.2, 0.25) is 5.91 Å². The van der Waals surface area contributed by atoms with E-state index in [-0.39, 0.29) is 12.5 Å². The van der Waals surface area contributed by atoms with Crippen LogP contribution in [0.3, 0.4) is 0 Å². The lowest BCUT2D eigenvalue weighted by molar-refractivity contribution is -0.138. The molecule has 0 aliphatic carbocycles. The Morgan fingerprint density at radius 1 is 1.19 bits per heavy atom. The molecular formula is C18H23N3O5. The molecule has 1 atom stereocenters. The highest BCUT2D eigenvalue weighted by molar-refractivity contribution is 6.09. The maximum Gasteiger partial charge on any atom is 0.325 e. The van der Waals surface area contributed by atoms with E-state index in [4.69, 9.17) is 9.47 Å². The smallest absolute Gasteiger partial charge is 0.325 e. The van der Waals surface area contributed by atoms with Crippen molar-refractivity contribution >= 4 is 17.8 Å². The molecule has 1 aromatic rings. The van der Waals surface area contributed by atoms with E-state index in [1.54, 1.807) is 30.0 Å². The number of benzene rings is 1. The molecule has 8 nitrogen and oxygen atoms in total. The highest BCUT2D eigenvalue weighted by Gasteiger charge is 2.50. The van der Waals surface area contributed by atoms with E-state index < -0.39 is 17.5 Å². The monoisotopic (exact) mass is 361 g/mol. The molecule has 1 N–H and O–H groups in total. The summed E-state index contributed by atoms with van der Waals surface area (Å²) >= 11 is 0. The molecule has 1 fully saturated rings. The van der Waals surface area contributed by atoms with Gasteiger partial charge in [-0.25, -0.2) is 4.79 Å². The van der Waals surface area contributed by atoms with Crippen molar-refractivity contribution in [2.24, 2.45) is 0 Å². The number of hydrogen-bond donors (Lipinski definition) is 1. The van der Waals surface area contributed by atoms with Crippen molar-refractivity contribution in [3.63, 3.8) is 0 Å². The van der Waals surface area contributed by atoms with Crippen LogP contribution in [-0.4, -0.2) is 60.5 Å². The number of carbonyl (C=O) groups is 3. The summed E-state index contributed by atoms with van der Waals surface area (Å²) in [7, 11) is 0. The number of fused-ring (bicyclic) bond motifs is 1. The van der Waals surface area contributed by atoms with Crippen LogP contribution in [0.4, 0.5) is 4.79 Å². The van der Waals surface area contributed by atoms with Crippen LogP contribution in [0.5, 0.6) is 11.5 Å². The number of nitrogens with zero attached hydrogens (tertiary/aromatic N) is 2. The van der Waals surface area contributed by atoms with Gasteiger partial charge in [-0.15, -0.1) is 0 Å². The Bertz CT molecular complexity index is 746. The lowest BCUT2D eigenvalue weighted by atomic mass is 9.91. The number of imide groups is 1. The van der Waals surface area contributed by atoms with Crippen molar-refractivity contribution in [1.29, 1.82) is 0 Å². The molecule has 0 radical (unpaired) electrons. The minimum absolute atomic E-state index is 0.259. The fourth-order valence-corrected chi connectivity index (χ4v) is 3.20. The quantitative estimate of drug-likeness (QED) is 0.794. The van der Waals surface area contributed by atoms with Gasteiger partial charge in [-0.3, -0.25) is 14.5 Å². The van der Waals surface area contributed by atoms with Crippen LogP contribution in [0.25, 0.3) is 0 Å². The van der Waals surface area contributed by atoms with E-state index in [1.807, 2.05) is 13.8 Å². The van der Waals surface area contributed by atoms with Gasteiger partial charge < -0.3 is 19.7 Å². The highest BCUT2D eigenvalue weighted by Crippen LogP contribution is 2.36. The summed E-state index contributed by atoms with van der Waals surface area (Å²) in [6, 6.07) is 4.56. The average molecular weight is 361 g/mol. The molecule has 2 aliphatic rings. The van der Waals surface area contributed by atoms with Crippen LogP contribution in [0.15, 0.2) is 18.2 Å². The van der Waals surface area contributed by atoms with Crippen molar-refractivity contribution in [3.05, 3.63) is 23.8 Å². The molecule has 0 spiro atoms. The van der Waals surface area contributed by atoms with Crippen molar-refractivity contribution < 1.29 is 23.9 Å². The molecule has 4 amide bonds. The van der Waals surface area contributed by atoms with Gasteiger partial charge in [0.25, 0.3) is 5.91 Å². The standard InChI is InChI=1S/C18H23N3O5/c1-4-20(5-2)15(22)11-21-16(23)18(3,19-17(21)24)12-6-7-13-14(10-12)26-9-8-25-13/h6-7,10H,4-5,8-9,11H2,1-3H3,(H,19,24)/t18-/m1/s1. The molecule has 0 saturated carbocycles. The third-order valence-corrected chi connectivity index (χ3v) is 4.80. The Hall–Kier alpha value is -2.77. The first kappa shape index (κ1) is 18.0. The molecule has 8 heteroatoms. The minimum Gasteiger partial charge on any atom is -0.486 e. The van der Waals surface area contributed by atoms with Gasteiger partial charge in [-0.05, 0) is 38.5 Å². The second kappa shape index (κ2) is 6.86. The predicted molar refractivity (Wildman–Crippen MR) is 93.0 cm³/mol. The second-order valence-corrected chi connectivity index (χ2v) is 6.37. The van der Waals surface area contributed by atoms with Crippen LogP contribution in [0.1, 0.15) is 26.3 Å². The minimum atomic E-state index is -1.25. The van der Waals surface area contributed by atoms with Gasteiger partial charge in [0.1, 0.15) is 25.3 Å². The van der Waals surface area contributed by atoms with Gasteiger partial charge >= 0.3 is 6.03 Å². The van der Waals surface area contributed by atoms with E-state index in [9.17, 15) is 14.4 Å². The maximum absolute atomic E-state index is 12.9. The van der Waals surface area contributed by atoms with E-state index >= 15 is 0 Å². The summed E-state index contributed by atoms with van der Waals surface area (Å²) in [5, 5.41) is 2.70. The first-order chi connectivity index (χ1) is 12.4. The molecule has 3 rings (SSSR count). The Labute approximate surface area is 152 Å². The fraction of sp³-hybridized carbons (Fsp3) is 0.500. The number of urea groups is 1. The maximum atomic E-state index is 12.9. The number of nitrogens with one attached hydrogen (secondary N) is 1. The molecule has 2 heterocycles. The van der Waals surface area contributed by atoms with Crippen LogP contribution in [-0.2, 0) is 15.1 Å². The molecular weight excluding hydrogens is 338 g/mol. The second-order valence-electron chi connectivity index (χ2n) is 6.37. The summed E-state index contributed by atoms with van der Waals surface area (Å²) < 4.78 is 11.0. The number of hydrogen-bond acceptors (Lipinski definition) is 5. The lowest BCUT2D eigenvalue weighted by Crippen LogP contribution is -2.44. The molecule has 1 saturated heterocycles. The van der Waals surface area contributed by atoms with Gasteiger partial charge in [0.15, 0.2) is 11.5 Å². The third-order valence-electron chi connectivity index (χ3n) is 4.80. The van der Waals surface area contributed by atoms with Gasteiger partial charge in [-0.2, -0.15) is 0 Å². The molecule has 2 aliphatic heterocycles. The Kier molecular flexibility index (Phi) is 4.76. The molecule has 26 heavy (non-hydrogen) atoms. The molecule has 1 aromatic carbocycles. The summed E-state index contributed by atoms with van der Waals surface area (Å²) in [6.45, 7) is 7.02. The topological polar surface area (TPSA) is 88.2 Å². The summed E-state index contributed by atoms with van der Waals surface area (Å²) in [6.07, 6.45) is 0. The SMILES string of the molecule is CCN(CC)C(=O)CN1C(=O)N[C@](C)(c2ccc3c(c2)OCCO3)C1=O. The number of amides is 4. The van der Waals surface area contributed by atoms with Gasteiger partial charge in [-0.1, -0.05) is 6.07 Å². The first-order valence-corrected chi connectivity index (χ1v) is 8.72. The average Bonchev–Trinajstić information content (AvgIpc) is 2.86. The molecule has 0 aromatic heterocycles. The first-order valence-electron chi connectivity index (χ1n) is 8.72. The van der Waals surface area contributed by atoms with Crippen molar-refractivity contribution in [2.75, 3.05) is 32.8 Å². The molecule has 0 bridgehead atoms. The van der Waals surface area contributed by atoms with E-state index in [1.165, 1.54) is 0 Å². The Morgan fingerprint density at radius 3 is 2.50 bits per heavy atom. The fourth-order valence-electron chi connectivity index (χ4n) is 3.20. The van der Waals surface area contributed by atoms with E-state index in [0.717, 1.165) is 4.90 Å². The zero-order valence-electron chi connectivity index (χ0n) is 15.2. The van der Waals surface area contributed by atoms with Crippen LogP contribution < -0.4 is 14.8 Å². The normalized spacial score (nSPS) is 21.6. The van der Waals surface area contributed by atoms with Crippen molar-refractivity contribution in [2.45, 2.75) is 26.3 Å². The summed E-state index contributed by atoms with van der Waals surface area (Å²) in [4.78, 5) is 40.2. The third kappa shape index (κ3) is 2.95. The molecule has 140 valence electrons. The number of ether oxygens (including phenoxy) is 2. The van der Waals surface area contributed by atoms with E-state index in [0.29, 0.717) is 43.4 Å². The number of rotatable bonds is 5. The summed E-state index contributed by atoms with van der Waals surface area (Å²) in [5.74, 6) is 0.424. The van der Waals surface area contributed by atoms with Crippen LogP contribution in [0, 0.1) is 0 Å². The zero-order valence-corrected chi connectivity index (χ0v) is 15.2. The summed E-state index contributed by atoms with van der Waals surface area (Å²) in [5.41, 5.74) is -0.672. The predicted octanol–water partition coefficient (Wildman–Crippen LogP) is 1.09. The number of likely N-dealkylation sites (N-methyl/N-ethyl adjacent to an activating group) is 1. The molecule has 0 unspecified atom stereocenters. The van der Waals surface area contributed by atoms with E-state index in [2.05, 4.69) is 5.32 Å². The zero-order chi connectivity index (χ0) is 18.9. The van der Waals surface area contributed by atoms with Crippen molar-refractivity contribution in [1.82, 2.24) is 15.1 Å². The van der Waals surface area contributed by atoms with Gasteiger partial charge in [0.05, 0.1) is 0 Å². The highest BCUT2D eigenvalue weighted by atomic mass is 16.6. The largest absolute Gasteiger partial charge is 0.486 e. The van der Waals surface area contributed by atoms with Crippen LogP contribution >= 0.6 is 0 Å². The number of carbonyl (C=O) groups excluding carboxylic acids is 3. The lowest BCUT2D eigenvalue weighted by Gasteiger charge is -2.25. The van der Waals surface area contributed by atoms with Crippen molar-refractivity contribution in [3.8, 4) is 11.5 Å². The van der Waals surface area contributed by atoms with Crippen LogP contribution in [0.2, 0.25) is 0 Å². The Morgan fingerprint density at radius 2 is 1.85 bits per heavy atom.